The van der Waals surface area contributed by atoms with Gasteiger partial charge in [-0.25, -0.2) is 0 Å². The Balaban J connectivity index is 3.43. The molecule has 0 aliphatic carbocycles. The Morgan fingerprint density at radius 3 is 1.85 bits per heavy atom. The third-order valence-electron chi connectivity index (χ3n) is 1.72. The third kappa shape index (κ3) is 1.60. The monoisotopic (exact) mass is 171 g/mol. The average Bonchev–Trinajstić information content (AvgIpc) is 2.16. The Hall–Kier alpha value is -2.00. The number of nitriles is 2. The molecule has 3 heteroatoms. The molecule has 3 nitrogen and oxygen atoms in total. The van der Waals surface area contributed by atoms with Gasteiger partial charge >= 0.3 is 0 Å². The molecule has 0 aromatic heterocycles. The average molecular weight is 171 g/mol. The van der Waals surface area contributed by atoms with Crippen molar-refractivity contribution in [2.24, 2.45) is 0 Å². The van der Waals surface area contributed by atoms with Crippen molar-refractivity contribution in [1.29, 1.82) is 10.5 Å². The summed E-state index contributed by atoms with van der Waals surface area (Å²) in [6.45, 7) is 0. The fraction of sp³-hybridized carbons (Fsp3) is 0.200. The second-order valence-corrected chi connectivity index (χ2v) is 2.82. The van der Waals surface area contributed by atoms with Crippen LogP contribution >= 0.6 is 0 Å². The summed E-state index contributed by atoms with van der Waals surface area (Å²) in [6, 6.07) is 9.24. The second kappa shape index (κ2) is 3.60. The summed E-state index contributed by atoms with van der Waals surface area (Å²) in [5.41, 5.74) is 1.75. The maximum Gasteiger partial charge on any atom is 0.101 e. The lowest BCUT2D eigenvalue weighted by molar-refractivity contribution is 1.12. The van der Waals surface area contributed by atoms with Gasteiger partial charge in [-0.3, -0.25) is 0 Å². The molecular formula is C10H9N3. The van der Waals surface area contributed by atoms with Gasteiger partial charge in [-0.15, -0.1) is 0 Å². The Labute approximate surface area is 77.4 Å². The van der Waals surface area contributed by atoms with E-state index in [4.69, 9.17) is 10.5 Å². The number of hydrogen-bond donors (Lipinski definition) is 0. The van der Waals surface area contributed by atoms with Crippen LogP contribution in [0.3, 0.4) is 0 Å². The van der Waals surface area contributed by atoms with Gasteiger partial charge in [0.2, 0.25) is 0 Å². The molecule has 0 saturated heterocycles. The highest BCUT2D eigenvalue weighted by Gasteiger charge is 2.08. The lowest BCUT2D eigenvalue weighted by Crippen LogP contribution is -2.12. The van der Waals surface area contributed by atoms with E-state index >= 15 is 0 Å². The predicted octanol–water partition coefficient (Wildman–Crippen LogP) is 1.50. The highest BCUT2D eigenvalue weighted by atomic mass is 15.1. The second-order valence-electron chi connectivity index (χ2n) is 2.82. The summed E-state index contributed by atoms with van der Waals surface area (Å²) in [4.78, 5) is 1.77. The van der Waals surface area contributed by atoms with E-state index in [-0.39, 0.29) is 0 Å². The highest BCUT2D eigenvalue weighted by molar-refractivity contribution is 5.67. The van der Waals surface area contributed by atoms with Crippen LogP contribution in [0.4, 0.5) is 5.69 Å². The molecule has 1 rings (SSSR count). The summed E-state index contributed by atoms with van der Waals surface area (Å²) in [6.07, 6.45) is 0. The Bertz CT molecular complexity index is 361. The van der Waals surface area contributed by atoms with Gasteiger partial charge in [0.1, 0.15) is 12.1 Å². The first kappa shape index (κ1) is 9.09. The number of rotatable bonds is 1. The Morgan fingerprint density at radius 2 is 1.54 bits per heavy atom. The number of nitrogens with zero attached hydrogens (tertiary/aromatic N) is 3. The van der Waals surface area contributed by atoms with Gasteiger partial charge < -0.3 is 4.90 Å². The van der Waals surface area contributed by atoms with Crippen LogP contribution in [-0.2, 0) is 0 Å². The zero-order valence-corrected chi connectivity index (χ0v) is 7.57. The van der Waals surface area contributed by atoms with E-state index in [0.717, 1.165) is 0 Å². The van der Waals surface area contributed by atoms with Crippen LogP contribution in [0, 0.1) is 22.7 Å². The molecule has 0 radical (unpaired) electrons. The molecule has 0 N–H and O–H groups in total. The van der Waals surface area contributed by atoms with E-state index in [1.54, 1.807) is 23.1 Å². The number of anilines is 1. The molecular weight excluding hydrogens is 162 g/mol. The van der Waals surface area contributed by atoms with Crippen LogP contribution in [0.25, 0.3) is 0 Å². The number of para-hydroxylation sites is 1. The van der Waals surface area contributed by atoms with Gasteiger partial charge in [0.05, 0.1) is 16.8 Å². The fourth-order valence-corrected chi connectivity index (χ4v) is 1.21. The van der Waals surface area contributed by atoms with Gasteiger partial charge in [0.15, 0.2) is 0 Å². The van der Waals surface area contributed by atoms with Crippen LogP contribution < -0.4 is 4.90 Å². The minimum absolute atomic E-state index is 0.532. The third-order valence-corrected chi connectivity index (χ3v) is 1.72. The Kier molecular flexibility index (Phi) is 2.52. The van der Waals surface area contributed by atoms with Crippen LogP contribution in [-0.4, -0.2) is 14.1 Å². The highest BCUT2D eigenvalue weighted by Crippen LogP contribution is 2.22. The molecule has 0 amide bonds. The first-order valence-corrected chi connectivity index (χ1v) is 3.81. The van der Waals surface area contributed by atoms with Crippen molar-refractivity contribution in [2.45, 2.75) is 0 Å². The van der Waals surface area contributed by atoms with Gasteiger partial charge in [0, 0.05) is 14.1 Å². The molecule has 0 bridgehead atoms. The topological polar surface area (TPSA) is 50.8 Å². The van der Waals surface area contributed by atoms with Crippen molar-refractivity contribution in [2.75, 3.05) is 19.0 Å². The first-order chi connectivity index (χ1) is 6.20. The van der Waals surface area contributed by atoms with E-state index in [2.05, 4.69) is 12.1 Å². The van der Waals surface area contributed by atoms with E-state index in [1.807, 2.05) is 14.1 Å². The van der Waals surface area contributed by atoms with E-state index in [1.165, 1.54) is 0 Å². The molecule has 0 spiro atoms. The molecule has 1 aromatic carbocycles. The number of benzene rings is 1. The minimum Gasteiger partial charge on any atom is -0.376 e. The van der Waals surface area contributed by atoms with Gasteiger partial charge in [-0.05, 0) is 12.1 Å². The minimum atomic E-state index is 0.532. The largest absolute Gasteiger partial charge is 0.376 e. The van der Waals surface area contributed by atoms with Crippen LogP contribution in [0.5, 0.6) is 0 Å². The van der Waals surface area contributed by atoms with Crippen molar-refractivity contribution in [3.05, 3.63) is 29.3 Å². The summed E-state index contributed by atoms with van der Waals surface area (Å²) >= 11 is 0. The predicted molar refractivity (Wildman–Crippen MR) is 50.2 cm³/mol. The zero-order chi connectivity index (χ0) is 9.84. The molecule has 0 aliphatic rings. The number of hydrogen-bond acceptors (Lipinski definition) is 3. The van der Waals surface area contributed by atoms with Crippen LogP contribution in [0.2, 0.25) is 0 Å². The van der Waals surface area contributed by atoms with Crippen molar-refractivity contribution < 1.29 is 0 Å². The molecule has 0 heterocycles. The molecule has 1 aromatic rings. The normalized spacial score (nSPS) is 8.62. The quantitative estimate of drug-likeness (QED) is 0.643. The maximum atomic E-state index is 8.80. The standard InChI is InChI=1S/C10H9N3/c1-13(2)10-8(6-11)4-3-5-9(10)7-12/h3-5H,1-2H3. The molecule has 64 valence electrons. The van der Waals surface area contributed by atoms with Gasteiger partial charge in [-0.2, -0.15) is 10.5 Å². The van der Waals surface area contributed by atoms with Gasteiger partial charge in [0.25, 0.3) is 0 Å². The summed E-state index contributed by atoms with van der Waals surface area (Å²) in [5, 5.41) is 17.6. The lowest BCUT2D eigenvalue weighted by Gasteiger charge is -2.15. The zero-order valence-electron chi connectivity index (χ0n) is 7.57. The van der Waals surface area contributed by atoms with E-state index in [9.17, 15) is 0 Å². The fourth-order valence-electron chi connectivity index (χ4n) is 1.21. The smallest absolute Gasteiger partial charge is 0.101 e. The first-order valence-electron chi connectivity index (χ1n) is 3.81. The molecule has 13 heavy (non-hydrogen) atoms. The molecule has 0 fully saturated rings. The van der Waals surface area contributed by atoms with Crippen LogP contribution in [0.1, 0.15) is 11.1 Å². The molecule has 0 saturated carbocycles. The molecule has 0 aliphatic heterocycles. The Morgan fingerprint density at radius 1 is 1.08 bits per heavy atom. The van der Waals surface area contributed by atoms with Crippen molar-refractivity contribution in [3.63, 3.8) is 0 Å². The van der Waals surface area contributed by atoms with Crippen LogP contribution in [0.15, 0.2) is 18.2 Å². The summed E-state index contributed by atoms with van der Waals surface area (Å²) < 4.78 is 0. The van der Waals surface area contributed by atoms with Crippen molar-refractivity contribution in [3.8, 4) is 12.1 Å². The lowest BCUT2D eigenvalue weighted by atomic mass is 10.1. The molecule has 0 unspecified atom stereocenters. The van der Waals surface area contributed by atoms with Gasteiger partial charge in [-0.1, -0.05) is 6.07 Å². The van der Waals surface area contributed by atoms with Crippen molar-refractivity contribution in [1.82, 2.24) is 0 Å². The summed E-state index contributed by atoms with van der Waals surface area (Å²) in [7, 11) is 3.63. The SMILES string of the molecule is CN(C)c1c(C#N)cccc1C#N. The van der Waals surface area contributed by atoms with Crippen molar-refractivity contribution >= 4 is 5.69 Å². The summed E-state index contributed by atoms with van der Waals surface area (Å²) in [5.74, 6) is 0. The molecule has 0 atom stereocenters. The maximum absolute atomic E-state index is 8.80. The van der Waals surface area contributed by atoms with E-state index < -0.39 is 0 Å². The van der Waals surface area contributed by atoms with E-state index in [0.29, 0.717) is 16.8 Å².